The van der Waals surface area contributed by atoms with Gasteiger partial charge < -0.3 is 0 Å². The van der Waals surface area contributed by atoms with Crippen LogP contribution >= 0.6 is 0 Å². The highest BCUT2D eigenvalue weighted by Gasteiger charge is 2.12. The number of rotatable bonds is 11. The van der Waals surface area contributed by atoms with Crippen molar-refractivity contribution in [3.05, 3.63) is 221 Å². The van der Waals surface area contributed by atoms with Gasteiger partial charge in [-0.15, -0.1) is 0 Å². The van der Waals surface area contributed by atoms with E-state index in [1.165, 1.54) is 61.2 Å². The van der Waals surface area contributed by atoms with E-state index < -0.39 is 0 Å². The summed E-state index contributed by atoms with van der Waals surface area (Å²) in [6.07, 6.45) is 4.08. The van der Waals surface area contributed by atoms with Crippen LogP contribution in [0, 0.1) is 13.8 Å². The Kier molecular flexibility index (Phi) is 10.4. The Hall–Kier alpha value is -6.31. The Balaban J connectivity index is 1.09. The molecule has 0 fully saturated rings. The highest BCUT2D eigenvalue weighted by atomic mass is 14.7. The maximum Gasteiger partial charge on any atom is 0.0715 e. The van der Waals surface area contributed by atoms with Gasteiger partial charge in [-0.3, -0.25) is 0 Å². The van der Waals surface area contributed by atoms with Crippen molar-refractivity contribution in [2.24, 2.45) is 0 Å². The molecule has 8 rings (SSSR count). The lowest BCUT2D eigenvalue weighted by Gasteiger charge is -2.13. The summed E-state index contributed by atoms with van der Waals surface area (Å²) in [6, 6.07) is 68.6. The van der Waals surface area contributed by atoms with Gasteiger partial charge in [0.25, 0.3) is 0 Å². The van der Waals surface area contributed by atoms with Crippen molar-refractivity contribution in [1.29, 1.82) is 0 Å². The van der Waals surface area contributed by atoms with Crippen LogP contribution in [0.2, 0.25) is 0 Å². The van der Waals surface area contributed by atoms with Crippen LogP contribution in [0.5, 0.6) is 0 Å². The smallest absolute Gasteiger partial charge is 0.0715 e. The predicted molar refractivity (Wildman–Crippen MR) is 229 cm³/mol. The van der Waals surface area contributed by atoms with E-state index in [-0.39, 0.29) is 0 Å². The SMILES string of the molecule is Cc1ccc(CCc2cccc(-c3cccc(-c4cc(-c5ccccc5)cc(-c5cccc(-c6cccc(CCc7ccc(C)cc7)c6)c5)n4)c3)c2)cc1. The van der Waals surface area contributed by atoms with Gasteiger partial charge in [0.2, 0.25) is 0 Å². The van der Waals surface area contributed by atoms with Gasteiger partial charge in [0, 0.05) is 11.1 Å². The number of aromatic nitrogens is 1. The van der Waals surface area contributed by atoms with Crippen LogP contribution in [0.15, 0.2) is 188 Å². The maximum absolute atomic E-state index is 5.34. The van der Waals surface area contributed by atoms with Gasteiger partial charge >= 0.3 is 0 Å². The number of aryl methyl sites for hydroxylation is 6. The summed E-state index contributed by atoms with van der Waals surface area (Å²) in [7, 11) is 0. The normalized spacial score (nSPS) is 11.1. The Bertz CT molecular complexity index is 2340. The Morgan fingerprint density at radius 3 is 1.11 bits per heavy atom. The molecule has 0 saturated carbocycles. The minimum absolute atomic E-state index is 0.965. The van der Waals surface area contributed by atoms with Gasteiger partial charge in [-0.25, -0.2) is 4.98 Å². The molecule has 0 spiro atoms. The zero-order chi connectivity index (χ0) is 36.7. The number of benzene rings is 7. The minimum atomic E-state index is 0.965. The molecule has 1 heterocycles. The fourth-order valence-corrected chi connectivity index (χ4v) is 7.24. The van der Waals surface area contributed by atoms with Crippen molar-refractivity contribution in [2.45, 2.75) is 39.5 Å². The first-order chi connectivity index (χ1) is 26.5. The molecule has 0 atom stereocenters. The molecule has 0 N–H and O–H groups in total. The van der Waals surface area contributed by atoms with Gasteiger partial charge in [-0.2, -0.15) is 0 Å². The van der Waals surface area contributed by atoms with Crippen LogP contribution in [0.4, 0.5) is 0 Å². The Labute approximate surface area is 320 Å². The number of hydrogen-bond acceptors (Lipinski definition) is 1. The van der Waals surface area contributed by atoms with Crippen molar-refractivity contribution in [3.8, 4) is 55.9 Å². The van der Waals surface area contributed by atoms with Gasteiger partial charge in [0.1, 0.15) is 0 Å². The molecule has 54 heavy (non-hydrogen) atoms. The van der Waals surface area contributed by atoms with Crippen molar-refractivity contribution < 1.29 is 0 Å². The molecule has 0 amide bonds. The molecule has 0 aliphatic rings. The van der Waals surface area contributed by atoms with Crippen LogP contribution < -0.4 is 0 Å². The molecule has 0 aliphatic carbocycles. The van der Waals surface area contributed by atoms with E-state index in [4.69, 9.17) is 4.98 Å². The van der Waals surface area contributed by atoms with E-state index in [2.05, 4.69) is 202 Å². The summed E-state index contributed by atoms with van der Waals surface area (Å²) in [5.41, 5.74) is 19.4. The largest absolute Gasteiger partial charge is 0.248 e. The van der Waals surface area contributed by atoms with Crippen LogP contribution in [0.1, 0.15) is 33.4 Å². The standard InChI is InChI=1S/C53H45N/c1-38-20-24-40(25-21-38)28-30-42-10-6-14-45(32-42)47-16-8-18-49(34-47)52-36-51(44-12-4-3-5-13-44)37-53(54-52)50-19-9-17-48(35-50)46-15-7-11-43(33-46)31-29-41-26-22-39(2)23-27-41/h3-27,32-37H,28-31H2,1-2H3. The van der Waals surface area contributed by atoms with E-state index in [0.29, 0.717) is 0 Å². The Morgan fingerprint density at radius 2 is 0.648 bits per heavy atom. The van der Waals surface area contributed by atoms with Crippen molar-refractivity contribution >= 4 is 0 Å². The molecule has 262 valence electrons. The van der Waals surface area contributed by atoms with E-state index >= 15 is 0 Å². The first-order valence-corrected chi connectivity index (χ1v) is 19.1. The highest BCUT2D eigenvalue weighted by molar-refractivity contribution is 5.80. The summed E-state index contributed by atoms with van der Waals surface area (Å²) in [6.45, 7) is 4.28. The summed E-state index contributed by atoms with van der Waals surface area (Å²) in [4.78, 5) is 5.34. The van der Waals surface area contributed by atoms with E-state index in [0.717, 1.165) is 53.8 Å². The third kappa shape index (κ3) is 8.49. The minimum Gasteiger partial charge on any atom is -0.248 e. The summed E-state index contributed by atoms with van der Waals surface area (Å²) >= 11 is 0. The molecule has 1 heteroatoms. The molecular weight excluding hydrogens is 651 g/mol. The fourth-order valence-electron chi connectivity index (χ4n) is 7.24. The quantitative estimate of drug-likeness (QED) is 0.131. The Morgan fingerprint density at radius 1 is 0.278 bits per heavy atom. The number of nitrogens with zero attached hydrogens (tertiary/aromatic N) is 1. The lowest BCUT2D eigenvalue weighted by Crippen LogP contribution is -1.94. The second kappa shape index (κ2) is 16.1. The molecule has 1 aromatic heterocycles. The van der Waals surface area contributed by atoms with E-state index in [1.807, 2.05) is 0 Å². The first-order valence-electron chi connectivity index (χ1n) is 19.1. The molecule has 7 aromatic carbocycles. The molecule has 0 aliphatic heterocycles. The molecule has 0 unspecified atom stereocenters. The van der Waals surface area contributed by atoms with Crippen molar-refractivity contribution in [1.82, 2.24) is 4.98 Å². The molecule has 0 radical (unpaired) electrons. The third-order valence-corrected chi connectivity index (χ3v) is 10.4. The number of pyridine rings is 1. The van der Waals surface area contributed by atoms with Gasteiger partial charge in [-0.1, -0.05) is 175 Å². The molecule has 0 bridgehead atoms. The van der Waals surface area contributed by atoms with Crippen LogP contribution in [-0.4, -0.2) is 4.98 Å². The summed E-state index contributed by atoms with van der Waals surface area (Å²) in [5.74, 6) is 0. The molecular formula is C53H45N. The average molecular weight is 696 g/mol. The monoisotopic (exact) mass is 695 g/mol. The number of hydrogen-bond donors (Lipinski definition) is 0. The summed E-state index contributed by atoms with van der Waals surface area (Å²) < 4.78 is 0. The fraction of sp³-hybridized carbons (Fsp3) is 0.113. The van der Waals surface area contributed by atoms with Gasteiger partial charge in [0.15, 0.2) is 0 Å². The van der Waals surface area contributed by atoms with E-state index in [9.17, 15) is 0 Å². The van der Waals surface area contributed by atoms with Crippen molar-refractivity contribution in [2.75, 3.05) is 0 Å². The lowest BCUT2D eigenvalue weighted by atomic mass is 9.95. The molecule has 8 aromatic rings. The average Bonchev–Trinajstić information content (AvgIpc) is 3.24. The lowest BCUT2D eigenvalue weighted by molar-refractivity contribution is 0.960. The summed E-state index contributed by atoms with van der Waals surface area (Å²) in [5, 5.41) is 0. The van der Waals surface area contributed by atoms with Crippen LogP contribution in [-0.2, 0) is 25.7 Å². The highest BCUT2D eigenvalue weighted by Crippen LogP contribution is 2.34. The van der Waals surface area contributed by atoms with Gasteiger partial charge in [-0.05, 0) is 119 Å². The second-order valence-corrected chi connectivity index (χ2v) is 14.5. The maximum atomic E-state index is 5.34. The predicted octanol–water partition coefficient (Wildman–Crippen LogP) is 13.6. The first kappa shape index (κ1) is 34.8. The van der Waals surface area contributed by atoms with Crippen LogP contribution in [0.3, 0.4) is 0 Å². The molecule has 1 nitrogen and oxygen atoms in total. The third-order valence-electron chi connectivity index (χ3n) is 10.4. The molecule has 0 saturated heterocycles. The zero-order valence-corrected chi connectivity index (χ0v) is 31.2. The second-order valence-electron chi connectivity index (χ2n) is 14.5. The van der Waals surface area contributed by atoms with Crippen LogP contribution in [0.25, 0.3) is 55.9 Å². The zero-order valence-electron chi connectivity index (χ0n) is 31.2. The van der Waals surface area contributed by atoms with Gasteiger partial charge in [0.05, 0.1) is 11.4 Å². The van der Waals surface area contributed by atoms with E-state index in [1.54, 1.807) is 0 Å². The topological polar surface area (TPSA) is 12.9 Å². The van der Waals surface area contributed by atoms with Crippen molar-refractivity contribution in [3.63, 3.8) is 0 Å².